The molecule has 2 aromatic carbocycles. The molecule has 16 heteroatoms. The Morgan fingerprint density at radius 3 is 2.53 bits per heavy atom. The maximum atomic E-state index is 13.4. The first kappa shape index (κ1) is 37.8. The summed E-state index contributed by atoms with van der Waals surface area (Å²) in [5.74, 6) is 0.157. The summed E-state index contributed by atoms with van der Waals surface area (Å²) in [6, 6.07) is 14.4. The molecule has 5 heterocycles. The lowest BCUT2D eigenvalue weighted by Gasteiger charge is -2.39. The minimum absolute atomic E-state index is 0.00485. The van der Waals surface area contributed by atoms with Crippen molar-refractivity contribution < 1.29 is 23.9 Å². The third-order valence-corrected chi connectivity index (χ3v) is 10.9. The summed E-state index contributed by atoms with van der Waals surface area (Å²) in [5.41, 5.74) is 7.64. The number of hydrogen-bond donors (Lipinski definition) is 3. The zero-order valence-corrected chi connectivity index (χ0v) is 31.4. The van der Waals surface area contributed by atoms with E-state index in [1.165, 1.54) is 4.57 Å². The van der Waals surface area contributed by atoms with Crippen molar-refractivity contribution in [3.05, 3.63) is 81.2 Å². The van der Waals surface area contributed by atoms with Crippen molar-refractivity contribution in [2.24, 2.45) is 18.7 Å². The number of aromatic nitrogens is 3. The molecule has 0 aliphatic carbocycles. The third kappa shape index (κ3) is 8.73. The Bertz CT molecular complexity index is 2180. The molecule has 15 nitrogen and oxygen atoms in total. The van der Waals surface area contributed by atoms with E-state index in [-0.39, 0.29) is 42.1 Å². The van der Waals surface area contributed by atoms with Crippen LogP contribution in [-0.4, -0.2) is 100 Å². The average molecular weight is 770 g/mol. The van der Waals surface area contributed by atoms with Gasteiger partial charge in [0.2, 0.25) is 23.7 Å². The number of nitrogens with zero attached hydrogens (tertiary/aromatic N) is 6. The molecule has 3 fully saturated rings. The SMILES string of the molecule is Cn1c(=O)c(OCCC(N)=O)cc2cc(Nc3nc(N4CCC(CN5CCN(C(=O)c6cccc(C7CCC(=O)NC7=O)c6)CC5)CC4)ncc3Cl)ccc21. The van der Waals surface area contributed by atoms with E-state index in [1.807, 2.05) is 35.2 Å². The van der Waals surface area contributed by atoms with Crippen LogP contribution in [0, 0.1) is 5.92 Å². The molecule has 288 valence electrons. The lowest BCUT2D eigenvalue weighted by molar-refractivity contribution is -0.134. The molecule has 3 aliphatic rings. The molecule has 4 N–H and O–H groups in total. The standard InChI is InChI=1S/C39H44ClN9O6/c1-46-31-7-5-28(20-27(31)21-32(38(46)54)55-18-11-33(41)50)43-35-30(40)22-42-39(45-35)49-12-9-24(10-13-49)23-47-14-16-48(17-15-47)37(53)26-4-2-3-25(19-26)29-6-8-34(51)44-36(29)52/h2-5,7,19-22,24,29H,6,8-18,23H2,1H3,(H2,41,50)(H,42,43,45)(H,44,51,52). The van der Waals surface area contributed by atoms with Crippen molar-refractivity contribution in [2.75, 3.05) is 62.6 Å². The van der Waals surface area contributed by atoms with E-state index in [4.69, 9.17) is 27.1 Å². The van der Waals surface area contributed by atoms with Crippen LogP contribution in [0.25, 0.3) is 10.9 Å². The van der Waals surface area contributed by atoms with Gasteiger partial charge >= 0.3 is 0 Å². The highest BCUT2D eigenvalue weighted by atomic mass is 35.5. The fourth-order valence-electron chi connectivity index (χ4n) is 7.53. The Balaban J connectivity index is 0.910. The number of nitrogens with two attached hydrogens (primary N) is 1. The van der Waals surface area contributed by atoms with Crippen molar-refractivity contribution in [3.63, 3.8) is 0 Å². The van der Waals surface area contributed by atoms with Gasteiger partial charge in [0.25, 0.3) is 11.5 Å². The summed E-state index contributed by atoms with van der Waals surface area (Å²) in [5, 5.41) is 6.82. The van der Waals surface area contributed by atoms with E-state index in [0.717, 1.165) is 56.5 Å². The predicted molar refractivity (Wildman–Crippen MR) is 208 cm³/mol. The third-order valence-electron chi connectivity index (χ3n) is 10.6. The Morgan fingerprint density at radius 1 is 1.00 bits per heavy atom. The molecule has 3 aliphatic heterocycles. The summed E-state index contributed by atoms with van der Waals surface area (Å²) in [7, 11) is 1.66. The van der Waals surface area contributed by atoms with E-state index >= 15 is 0 Å². The highest BCUT2D eigenvalue weighted by Gasteiger charge is 2.30. The normalized spacial score (nSPS) is 18.3. The number of piperidine rings is 2. The van der Waals surface area contributed by atoms with Crippen LogP contribution in [0.15, 0.2) is 59.5 Å². The molecule has 0 saturated carbocycles. The molecule has 4 aromatic rings. The molecular weight excluding hydrogens is 726 g/mol. The van der Waals surface area contributed by atoms with Gasteiger partial charge in [0, 0.05) is 75.9 Å². The van der Waals surface area contributed by atoms with Crippen LogP contribution < -0.4 is 31.6 Å². The molecule has 0 radical (unpaired) electrons. The molecule has 3 saturated heterocycles. The van der Waals surface area contributed by atoms with Gasteiger partial charge in [-0.05, 0) is 67.1 Å². The maximum Gasteiger partial charge on any atom is 0.293 e. The molecule has 1 atom stereocenters. The Kier molecular flexibility index (Phi) is 11.3. The van der Waals surface area contributed by atoms with Gasteiger partial charge in [-0.2, -0.15) is 4.98 Å². The van der Waals surface area contributed by atoms with Gasteiger partial charge in [0.15, 0.2) is 11.6 Å². The first-order valence-electron chi connectivity index (χ1n) is 18.6. The van der Waals surface area contributed by atoms with Gasteiger partial charge in [-0.25, -0.2) is 4.98 Å². The number of imide groups is 1. The monoisotopic (exact) mass is 769 g/mol. The van der Waals surface area contributed by atoms with Gasteiger partial charge in [0.1, 0.15) is 5.02 Å². The second-order valence-electron chi connectivity index (χ2n) is 14.4. The summed E-state index contributed by atoms with van der Waals surface area (Å²) >= 11 is 6.54. The van der Waals surface area contributed by atoms with Crippen molar-refractivity contribution in [2.45, 2.75) is 38.0 Å². The fraction of sp³-hybridized carbons (Fsp3) is 0.410. The number of hydrogen-bond acceptors (Lipinski definition) is 11. The number of carbonyl (C=O) groups is 4. The van der Waals surface area contributed by atoms with Crippen molar-refractivity contribution in [1.82, 2.24) is 29.7 Å². The maximum absolute atomic E-state index is 13.4. The topological polar surface area (TPSA) is 185 Å². The number of benzene rings is 2. The molecule has 1 unspecified atom stereocenters. The summed E-state index contributed by atoms with van der Waals surface area (Å²) in [4.78, 5) is 77.1. The van der Waals surface area contributed by atoms with Gasteiger partial charge in [-0.15, -0.1) is 0 Å². The van der Waals surface area contributed by atoms with Gasteiger partial charge in [-0.3, -0.25) is 34.2 Å². The van der Waals surface area contributed by atoms with Crippen molar-refractivity contribution in [1.29, 1.82) is 0 Å². The first-order chi connectivity index (χ1) is 26.5. The number of ether oxygens (including phenoxy) is 1. The second kappa shape index (κ2) is 16.4. The largest absolute Gasteiger partial charge is 0.487 e. The number of nitrogens with one attached hydrogen (secondary N) is 2. The highest BCUT2D eigenvalue weighted by molar-refractivity contribution is 6.33. The minimum atomic E-state index is -0.509. The Labute approximate surface area is 322 Å². The predicted octanol–water partition coefficient (Wildman–Crippen LogP) is 3.17. The number of amides is 4. The fourth-order valence-corrected chi connectivity index (χ4v) is 7.67. The number of rotatable bonds is 11. The highest BCUT2D eigenvalue weighted by Crippen LogP contribution is 2.30. The molecule has 7 rings (SSSR count). The number of primary amides is 1. The molecular formula is C39H44ClN9O6. The Morgan fingerprint density at radius 2 is 1.78 bits per heavy atom. The van der Waals surface area contributed by atoms with Crippen molar-refractivity contribution >= 4 is 63.6 Å². The number of halogens is 1. The van der Waals surface area contributed by atoms with Crippen LogP contribution in [0.1, 0.15) is 53.9 Å². The molecule has 0 spiro atoms. The lowest BCUT2D eigenvalue weighted by Crippen LogP contribution is -2.50. The summed E-state index contributed by atoms with van der Waals surface area (Å²) in [6.45, 7) is 5.43. The zero-order chi connectivity index (χ0) is 38.6. The molecule has 55 heavy (non-hydrogen) atoms. The second-order valence-corrected chi connectivity index (χ2v) is 14.8. The van der Waals surface area contributed by atoms with Crippen LogP contribution in [0.4, 0.5) is 17.5 Å². The Hall–Kier alpha value is -5.54. The van der Waals surface area contributed by atoms with Gasteiger partial charge in [0.05, 0.1) is 30.7 Å². The van der Waals surface area contributed by atoms with Gasteiger partial charge < -0.3 is 30.2 Å². The minimum Gasteiger partial charge on any atom is -0.487 e. The van der Waals surface area contributed by atoms with Crippen LogP contribution >= 0.6 is 11.6 Å². The van der Waals surface area contributed by atoms with E-state index in [1.54, 1.807) is 31.4 Å². The van der Waals surface area contributed by atoms with Crippen LogP contribution in [0.3, 0.4) is 0 Å². The van der Waals surface area contributed by atoms with Crippen LogP contribution in [-0.2, 0) is 21.4 Å². The lowest BCUT2D eigenvalue weighted by atomic mass is 9.89. The number of piperazine rings is 1. The summed E-state index contributed by atoms with van der Waals surface area (Å²) < 4.78 is 7.06. The quantitative estimate of drug-likeness (QED) is 0.191. The van der Waals surface area contributed by atoms with E-state index in [0.29, 0.717) is 65.4 Å². The van der Waals surface area contributed by atoms with E-state index in [9.17, 15) is 24.0 Å². The van der Waals surface area contributed by atoms with Crippen LogP contribution in [0.5, 0.6) is 5.75 Å². The summed E-state index contributed by atoms with van der Waals surface area (Å²) in [6.07, 6.45) is 4.31. The number of pyridine rings is 1. The molecule has 0 bridgehead atoms. The van der Waals surface area contributed by atoms with Gasteiger partial charge in [-0.1, -0.05) is 23.7 Å². The van der Waals surface area contributed by atoms with Crippen LogP contribution in [0.2, 0.25) is 5.02 Å². The number of fused-ring (bicyclic) bond motifs is 1. The van der Waals surface area contributed by atoms with Crippen molar-refractivity contribution in [3.8, 4) is 5.75 Å². The number of aryl methyl sites for hydroxylation is 1. The number of carbonyl (C=O) groups excluding carboxylic acids is 4. The zero-order valence-electron chi connectivity index (χ0n) is 30.6. The number of anilines is 3. The smallest absolute Gasteiger partial charge is 0.293 e. The molecule has 4 amide bonds. The average Bonchev–Trinajstić information content (AvgIpc) is 3.18. The van der Waals surface area contributed by atoms with E-state index < -0.39 is 11.8 Å². The first-order valence-corrected chi connectivity index (χ1v) is 18.9. The molecule has 2 aromatic heterocycles. The van der Waals surface area contributed by atoms with E-state index in [2.05, 4.69) is 25.4 Å².